The summed E-state index contributed by atoms with van der Waals surface area (Å²) in [6, 6.07) is 8.97. The highest BCUT2D eigenvalue weighted by molar-refractivity contribution is 6.33. The van der Waals surface area contributed by atoms with Gasteiger partial charge in [0.05, 0.1) is 0 Å². The quantitative estimate of drug-likeness (QED) is 0.459. The van der Waals surface area contributed by atoms with E-state index in [-0.39, 0.29) is 21.8 Å². The molecule has 0 spiro atoms. The summed E-state index contributed by atoms with van der Waals surface area (Å²) in [4.78, 5) is 31.8. The number of aromatic nitrogens is 1. The molecule has 6 nitrogen and oxygen atoms in total. The molecular weight excluding hydrogens is 447 g/mol. The summed E-state index contributed by atoms with van der Waals surface area (Å²) in [5, 5.41) is 0.225. The molecule has 2 aliphatic rings. The van der Waals surface area contributed by atoms with Crippen molar-refractivity contribution in [2.75, 3.05) is 19.6 Å². The number of carbonyl (C=O) groups is 2. The first-order valence-corrected chi connectivity index (χ1v) is 12.0. The van der Waals surface area contributed by atoms with Gasteiger partial charge in [-0.05, 0) is 92.9 Å². The number of nitrogens with one attached hydrogen (secondary N) is 2. The van der Waals surface area contributed by atoms with Gasteiger partial charge in [0.25, 0.3) is 11.8 Å². The molecule has 32 heavy (non-hydrogen) atoms. The fourth-order valence-corrected chi connectivity index (χ4v) is 4.89. The van der Waals surface area contributed by atoms with Crippen molar-refractivity contribution in [3.8, 4) is 0 Å². The largest absolute Gasteiger partial charge is 0.303 e. The maximum atomic E-state index is 13.0. The Balaban J connectivity index is 1.48. The van der Waals surface area contributed by atoms with Crippen LogP contribution in [-0.4, -0.2) is 41.3 Å². The number of pyridine rings is 1. The normalized spacial score (nSPS) is 17.2. The molecular formula is C24H28Cl2N4O2. The van der Waals surface area contributed by atoms with Gasteiger partial charge in [-0.1, -0.05) is 42.3 Å². The van der Waals surface area contributed by atoms with Gasteiger partial charge in [-0.15, -0.1) is 0 Å². The molecule has 0 bridgehead atoms. The Morgan fingerprint density at radius 1 is 0.969 bits per heavy atom. The third-order valence-corrected chi connectivity index (χ3v) is 6.64. The summed E-state index contributed by atoms with van der Waals surface area (Å²) in [6.45, 7) is 5.42. The van der Waals surface area contributed by atoms with E-state index in [2.05, 4.69) is 33.7 Å². The van der Waals surface area contributed by atoms with Gasteiger partial charge in [0.2, 0.25) is 0 Å². The fraction of sp³-hybridized carbons (Fsp3) is 0.458. The number of piperidine rings is 1. The molecule has 1 saturated carbocycles. The minimum atomic E-state index is -0.506. The number of rotatable bonds is 6. The first-order valence-electron chi connectivity index (χ1n) is 11.2. The van der Waals surface area contributed by atoms with E-state index in [0.29, 0.717) is 17.4 Å². The van der Waals surface area contributed by atoms with Crippen LogP contribution < -0.4 is 10.9 Å². The molecule has 0 radical (unpaired) electrons. The van der Waals surface area contributed by atoms with E-state index in [1.165, 1.54) is 30.5 Å². The minimum Gasteiger partial charge on any atom is -0.303 e. The summed E-state index contributed by atoms with van der Waals surface area (Å²) in [5.74, 6) is 0.134. The number of hydrogen-bond acceptors (Lipinski definition) is 4. The molecule has 2 fully saturated rings. The zero-order valence-corrected chi connectivity index (χ0v) is 19.7. The van der Waals surface area contributed by atoms with Gasteiger partial charge >= 0.3 is 0 Å². The number of amides is 2. The molecule has 2 heterocycles. The Labute approximate surface area is 198 Å². The molecule has 1 aliphatic carbocycles. The molecule has 2 amide bonds. The molecule has 170 valence electrons. The summed E-state index contributed by atoms with van der Waals surface area (Å²) in [5.41, 5.74) is 8.27. The maximum Gasteiger partial charge on any atom is 0.269 e. The summed E-state index contributed by atoms with van der Waals surface area (Å²) >= 11 is 11.7. The maximum absolute atomic E-state index is 13.0. The van der Waals surface area contributed by atoms with Crippen molar-refractivity contribution in [2.24, 2.45) is 0 Å². The molecule has 2 N–H and O–H groups in total. The van der Waals surface area contributed by atoms with Crippen LogP contribution in [0.4, 0.5) is 0 Å². The molecule has 0 atom stereocenters. The molecule has 1 aromatic carbocycles. The second-order valence-electron chi connectivity index (χ2n) is 8.65. The second-order valence-corrected chi connectivity index (χ2v) is 9.42. The van der Waals surface area contributed by atoms with E-state index in [1.54, 1.807) is 0 Å². The van der Waals surface area contributed by atoms with Crippen LogP contribution in [0.2, 0.25) is 10.3 Å². The number of hydrogen-bond donors (Lipinski definition) is 2. The lowest BCUT2D eigenvalue weighted by atomic mass is 9.84. The number of halogens is 2. The Bertz CT molecular complexity index is 981. The van der Waals surface area contributed by atoms with Crippen molar-refractivity contribution in [3.05, 3.63) is 62.9 Å². The van der Waals surface area contributed by atoms with Crippen LogP contribution >= 0.6 is 23.2 Å². The lowest BCUT2D eigenvalue weighted by molar-refractivity contribution is 0.0845. The van der Waals surface area contributed by atoms with Crippen LogP contribution in [0.1, 0.15) is 82.7 Å². The third-order valence-electron chi connectivity index (χ3n) is 6.25. The van der Waals surface area contributed by atoms with Crippen LogP contribution in [0.15, 0.2) is 30.3 Å². The van der Waals surface area contributed by atoms with Gasteiger partial charge in [0.15, 0.2) is 0 Å². The van der Waals surface area contributed by atoms with E-state index in [4.69, 9.17) is 23.2 Å². The van der Waals surface area contributed by atoms with E-state index in [1.807, 2.05) is 12.1 Å². The lowest BCUT2D eigenvalue weighted by Gasteiger charge is -2.33. The lowest BCUT2D eigenvalue weighted by Crippen LogP contribution is -2.42. The van der Waals surface area contributed by atoms with Gasteiger partial charge in [-0.3, -0.25) is 20.4 Å². The molecule has 2 aromatic rings. The highest BCUT2D eigenvalue weighted by Crippen LogP contribution is 2.42. The van der Waals surface area contributed by atoms with Gasteiger partial charge in [-0.2, -0.15) is 0 Å². The zero-order chi connectivity index (χ0) is 22.7. The van der Waals surface area contributed by atoms with E-state index in [9.17, 15) is 9.59 Å². The number of hydrazine groups is 1. The smallest absolute Gasteiger partial charge is 0.269 e. The van der Waals surface area contributed by atoms with Gasteiger partial charge in [-0.25, -0.2) is 4.98 Å². The molecule has 4 rings (SSSR count). The van der Waals surface area contributed by atoms with Crippen LogP contribution in [0, 0.1) is 0 Å². The topological polar surface area (TPSA) is 74.3 Å². The molecule has 8 heteroatoms. The van der Waals surface area contributed by atoms with Crippen molar-refractivity contribution in [1.29, 1.82) is 0 Å². The molecule has 0 unspecified atom stereocenters. The molecule has 1 saturated heterocycles. The molecule has 1 aromatic heterocycles. The predicted octanol–water partition coefficient (Wildman–Crippen LogP) is 4.93. The van der Waals surface area contributed by atoms with E-state index < -0.39 is 5.91 Å². The fourth-order valence-electron chi connectivity index (χ4n) is 4.43. The van der Waals surface area contributed by atoms with Gasteiger partial charge in [0.1, 0.15) is 10.3 Å². The Hall–Kier alpha value is -2.15. The Morgan fingerprint density at radius 2 is 1.62 bits per heavy atom. The van der Waals surface area contributed by atoms with Crippen molar-refractivity contribution >= 4 is 35.0 Å². The van der Waals surface area contributed by atoms with Crippen molar-refractivity contribution in [2.45, 2.75) is 50.9 Å². The summed E-state index contributed by atoms with van der Waals surface area (Å²) < 4.78 is 0. The van der Waals surface area contributed by atoms with Crippen LogP contribution in [0.25, 0.3) is 0 Å². The van der Waals surface area contributed by atoms with Crippen molar-refractivity contribution in [3.63, 3.8) is 0 Å². The van der Waals surface area contributed by atoms with Crippen LogP contribution in [0.5, 0.6) is 0 Å². The number of carbonyl (C=O) groups excluding carboxylic acids is 2. The monoisotopic (exact) mass is 474 g/mol. The second kappa shape index (κ2) is 10.2. The Morgan fingerprint density at radius 3 is 2.25 bits per heavy atom. The molecule has 1 aliphatic heterocycles. The van der Waals surface area contributed by atoms with Gasteiger partial charge < -0.3 is 4.90 Å². The highest BCUT2D eigenvalue weighted by atomic mass is 35.5. The number of nitrogens with zero attached hydrogens (tertiary/aromatic N) is 2. The third kappa shape index (κ3) is 5.61. The average Bonchev–Trinajstić information content (AvgIpc) is 3.62. The first-order chi connectivity index (χ1) is 15.4. The van der Waals surface area contributed by atoms with E-state index in [0.717, 1.165) is 44.5 Å². The van der Waals surface area contributed by atoms with Crippen LogP contribution in [0.3, 0.4) is 0 Å². The average molecular weight is 475 g/mol. The highest BCUT2D eigenvalue weighted by Gasteiger charge is 2.28. The standard InChI is InChI=1S/C24H28Cl2N4O2/c1-2-9-30-10-7-16(8-11-30)20-12-17(15-3-4-15)5-6-19(20)24(32)29-28-23(31)18-13-21(25)27-22(26)14-18/h5-6,12-16H,2-4,7-11H2,1H3,(H,28,31)(H,29,32). The van der Waals surface area contributed by atoms with Crippen LogP contribution in [-0.2, 0) is 0 Å². The number of likely N-dealkylation sites (tertiary alicyclic amines) is 1. The number of benzene rings is 1. The predicted molar refractivity (Wildman–Crippen MR) is 126 cm³/mol. The van der Waals surface area contributed by atoms with Gasteiger partial charge in [0, 0.05) is 11.1 Å². The van der Waals surface area contributed by atoms with E-state index >= 15 is 0 Å². The summed E-state index contributed by atoms with van der Waals surface area (Å²) in [7, 11) is 0. The van der Waals surface area contributed by atoms with Crippen molar-refractivity contribution < 1.29 is 9.59 Å². The first kappa shape index (κ1) is 23.0. The SMILES string of the molecule is CCCN1CCC(c2cc(C3CC3)ccc2C(=O)NNC(=O)c2cc(Cl)nc(Cl)c2)CC1. The van der Waals surface area contributed by atoms with Crippen molar-refractivity contribution in [1.82, 2.24) is 20.7 Å². The summed E-state index contributed by atoms with van der Waals surface area (Å²) in [6.07, 6.45) is 5.66. The minimum absolute atomic E-state index is 0.112. The Kier molecular flexibility index (Phi) is 7.33. The zero-order valence-electron chi connectivity index (χ0n) is 18.2.